The third-order valence-corrected chi connectivity index (χ3v) is 6.76. The normalized spacial score (nSPS) is 25.0. The molecule has 0 radical (unpaired) electrons. The van der Waals surface area contributed by atoms with E-state index in [0.29, 0.717) is 13.2 Å². The average molecular weight is 518 g/mol. The zero-order valence-electron chi connectivity index (χ0n) is 22.5. The Balaban J connectivity index is 2.07. The maximum absolute atomic E-state index is 10.2. The average Bonchev–Trinajstić information content (AvgIpc) is 2.89. The van der Waals surface area contributed by atoms with Gasteiger partial charge in [-0.1, -0.05) is 95.5 Å². The van der Waals surface area contributed by atoms with Crippen LogP contribution in [0.25, 0.3) is 10.4 Å². The van der Waals surface area contributed by atoms with Gasteiger partial charge in [-0.15, -0.1) is 0 Å². The first-order valence-corrected chi connectivity index (χ1v) is 14.0. The summed E-state index contributed by atoms with van der Waals surface area (Å²) in [5.74, 6) is 0. The lowest BCUT2D eigenvalue weighted by molar-refractivity contribution is -0.271. The minimum Gasteiger partial charge on any atom is -0.394 e. The number of azide groups is 1. The Morgan fingerprint density at radius 1 is 0.861 bits per heavy atom. The fraction of sp³-hybridized carbons (Fsp3) is 1.00. The number of rotatable bonds is 23. The zero-order valence-corrected chi connectivity index (χ0v) is 22.5. The highest BCUT2D eigenvalue weighted by molar-refractivity contribution is 4.93. The van der Waals surface area contributed by atoms with Crippen LogP contribution in [0.5, 0.6) is 0 Å². The Labute approximate surface area is 217 Å². The van der Waals surface area contributed by atoms with Crippen LogP contribution in [0.4, 0.5) is 0 Å². The first kappa shape index (κ1) is 33.1. The van der Waals surface area contributed by atoms with E-state index in [1.807, 2.05) is 0 Å². The number of aliphatic hydroxyl groups excluding tert-OH is 3. The Kier molecular flexibility index (Phi) is 20.3. The summed E-state index contributed by atoms with van der Waals surface area (Å²) < 4.78 is 22.2. The van der Waals surface area contributed by atoms with Crippen molar-refractivity contribution >= 4 is 0 Å². The molecule has 0 aromatic rings. The van der Waals surface area contributed by atoms with Gasteiger partial charge in [0.05, 0.1) is 25.9 Å². The Morgan fingerprint density at radius 2 is 1.42 bits per heavy atom. The van der Waals surface area contributed by atoms with Crippen molar-refractivity contribution < 1.29 is 34.3 Å². The number of nitrogens with zero attached hydrogens (tertiary/aromatic N) is 3. The van der Waals surface area contributed by atoms with Crippen molar-refractivity contribution in [2.45, 2.75) is 134 Å². The molecule has 0 bridgehead atoms. The van der Waals surface area contributed by atoms with Crippen LogP contribution >= 0.6 is 0 Å². The quantitative estimate of drug-likeness (QED) is 0.0774. The third-order valence-electron chi connectivity index (χ3n) is 6.76. The highest BCUT2D eigenvalue weighted by atomic mass is 16.7. The fourth-order valence-corrected chi connectivity index (χ4v) is 4.39. The van der Waals surface area contributed by atoms with E-state index in [-0.39, 0.29) is 12.7 Å². The van der Waals surface area contributed by atoms with E-state index >= 15 is 0 Å². The topological polar surface area (TPSA) is 146 Å². The monoisotopic (exact) mass is 517 g/mol. The van der Waals surface area contributed by atoms with Crippen molar-refractivity contribution in [2.75, 3.05) is 33.5 Å². The summed E-state index contributed by atoms with van der Waals surface area (Å²) in [4.78, 5) is 2.69. The predicted octanol–water partition coefficient (Wildman–Crippen LogP) is 4.63. The summed E-state index contributed by atoms with van der Waals surface area (Å²) in [5.41, 5.74) is 8.76. The van der Waals surface area contributed by atoms with Crippen molar-refractivity contribution in [3.8, 4) is 0 Å². The lowest BCUT2D eigenvalue weighted by Crippen LogP contribution is -2.58. The van der Waals surface area contributed by atoms with E-state index in [9.17, 15) is 15.3 Å². The SMILES string of the molecule is CCCCCCCCCCCCCCCCOCC(CO[C@@H]1OC(CO)[C@H](O)[C@H](O)C1N=[N+]=[N-])OC. The molecule has 0 aromatic carbocycles. The van der Waals surface area contributed by atoms with Crippen LogP contribution in [-0.4, -0.2) is 85.6 Å². The Bertz CT molecular complexity index is 566. The second kappa shape index (κ2) is 22.1. The first-order chi connectivity index (χ1) is 17.6. The second-order valence-electron chi connectivity index (χ2n) is 9.76. The molecule has 0 aliphatic carbocycles. The molecule has 6 atom stereocenters. The summed E-state index contributed by atoms with van der Waals surface area (Å²) in [6.07, 6.45) is 13.1. The van der Waals surface area contributed by atoms with Crippen LogP contribution in [0.15, 0.2) is 5.11 Å². The summed E-state index contributed by atoms with van der Waals surface area (Å²) in [6, 6.07) is -1.14. The fourth-order valence-electron chi connectivity index (χ4n) is 4.39. The number of ether oxygens (including phenoxy) is 4. The second-order valence-corrected chi connectivity index (χ2v) is 9.76. The third kappa shape index (κ3) is 14.1. The molecule has 1 aliphatic heterocycles. The molecule has 3 unspecified atom stereocenters. The Morgan fingerprint density at radius 3 is 1.92 bits per heavy atom. The molecular weight excluding hydrogens is 466 g/mol. The van der Waals surface area contributed by atoms with Crippen molar-refractivity contribution in [1.29, 1.82) is 0 Å². The minimum absolute atomic E-state index is 0.0817. The van der Waals surface area contributed by atoms with Crippen LogP contribution in [0.3, 0.4) is 0 Å². The van der Waals surface area contributed by atoms with Gasteiger partial charge in [0.1, 0.15) is 24.4 Å². The molecule has 0 spiro atoms. The molecule has 10 nitrogen and oxygen atoms in total. The van der Waals surface area contributed by atoms with E-state index in [1.54, 1.807) is 7.11 Å². The van der Waals surface area contributed by atoms with Crippen molar-refractivity contribution in [3.63, 3.8) is 0 Å². The van der Waals surface area contributed by atoms with Gasteiger partial charge in [0.25, 0.3) is 0 Å². The largest absolute Gasteiger partial charge is 0.394 e. The molecular formula is C26H51N3O7. The number of hydrogen-bond donors (Lipinski definition) is 3. The minimum atomic E-state index is -1.41. The predicted molar refractivity (Wildman–Crippen MR) is 139 cm³/mol. The molecule has 10 heteroatoms. The summed E-state index contributed by atoms with van der Waals surface area (Å²) >= 11 is 0. The molecule has 1 aliphatic rings. The van der Waals surface area contributed by atoms with E-state index in [4.69, 9.17) is 24.5 Å². The number of aliphatic hydroxyl groups is 3. The Hall–Kier alpha value is -0.970. The van der Waals surface area contributed by atoms with Crippen LogP contribution < -0.4 is 0 Å². The molecule has 3 N–H and O–H groups in total. The van der Waals surface area contributed by atoms with Crippen molar-refractivity contribution in [1.82, 2.24) is 0 Å². The summed E-state index contributed by atoms with van der Waals surface area (Å²) in [6.45, 7) is 2.82. The van der Waals surface area contributed by atoms with Gasteiger partial charge in [0.15, 0.2) is 6.29 Å². The van der Waals surface area contributed by atoms with Gasteiger partial charge < -0.3 is 34.3 Å². The number of hydrogen-bond acceptors (Lipinski definition) is 8. The molecule has 0 aromatic heterocycles. The van der Waals surface area contributed by atoms with Crippen LogP contribution in [0.2, 0.25) is 0 Å². The molecule has 212 valence electrons. The van der Waals surface area contributed by atoms with E-state index in [0.717, 1.165) is 12.8 Å². The lowest BCUT2D eigenvalue weighted by Gasteiger charge is -2.40. The number of unbranched alkanes of at least 4 members (excludes halogenated alkanes) is 13. The maximum Gasteiger partial charge on any atom is 0.169 e. The zero-order chi connectivity index (χ0) is 26.4. The molecule has 0 saturated carbocycles. The molecule has 1 fully saturated rings. The molecule has 1 heterocycles. The van der Waals surface area contributed by atoms with E-state index < -0.39 is 37.3 Å². The number of methoxy groups -OCH3 is 1. The highest BCUT2D eigenvalue weighted by Crippen LogP contribution is 2.25. The van der Waals surface area contributed by atoms with E-state index in [1.165, 1.54) is 77.0 Å². The van der Waals surface area contributed by atoms with Gasteiger partial charge in [-0.3, -0.25) is 0 Å². The van der Waals surface area contributed by atoms with Gasteiger partial charge in [0, 0.05) is 18.6 Å². The van der Waals surface area contributed by atoms with Gasteiger partial charge in [-0.2, -0.15) is 0 Å². The van der Waals surface area contributed by atoms with Gasteiger partial charge in [-0.05, 0) is 12.0 Å². The summed E-state index contributed by atoms with van der Waals surface area (Å²) in [5, 5.41) is 33.0. The van der Waals surface area contributed by atoms with Crippen molar-refractivity contribution in [3.05, 3.63) is 10.4 Å². The maximum atomic E-state index is 10.2. The van der Waals surface area contributed by atoms with Crippen molar-refractivity contribution in [2.24, 2.45) is 5.11 Å². The van der Waals surface area contributed by atoms with Crippen LogP contribution in [0.1, 0.15) is 96.8 Å². The van der Waals surface area contributed by atoms with Gasteiger partial charge in [0.2, 0.25) is 0 Å². The van der Waals surface area contributed by atoms with Crippen LogP contribution in [0, 0.1) is 0 Å². The lowest BCUT2D eigenvalue weighted by atomic mass is 9.98. The summed E-state index contributed by atoms with van der Waals surface area (Å²) in [7, 11) is 1.55. The molecule has 1 rings (SSSR count). The van der Waals surface area contributed by atoms with Gasteiger partial charge >= 0.3 is 0 Å². The molecule has 0 amide bonds. The standard InChI is InChI=1S/C26H51N3O7/c1-3-4-5-6-7-8-9-10-11-12-13-14-15-16-17-34-19-21(33-2)20-35-26-23(28-29-27)25(32)24(31)22(18-30)36-26/h21-26,30-32H,3-20H2,1-2H3/t21?,22?,23?,24-,25+,26+/m0/s1. The van der Waals surface area contributed by atoms with Crippen LogP contribution in [-0.2, 0) is 18.9 Å². The first-order valence-electron chi connectivity index (χ1n) is 14.0. The molecule has 36 heavy (non-hydrogen) atoms. The molecule has 1 saturated heterocycles. The highest BCUT2D eigenvalue weighted by Gasteiger charge is 2.44. The van der Waals surface area contributed by atoms with Gasteiger partial charge in [-0.25, -0.2) is 0 Å². The van der Waals surface area contributed by atoms with E-state index in [2.05, 4.69) is 16.9 Å². The smallest absolute Gasteiger partial charge is 0.169 e.